The molecular formula is C22H18F4N6O2. The number of amides is 1. The summed E-state index contributed by atoms with van der Waals surface area (Å²) in [7, 11) is 1.71. The van der Waals surface area contributed by atoms with Crippen LogP contribution in [0.15, 0.2) is 36.7 Å². The number of benzene rings is 1. The molecule has 1 aromatic carbocycles. The number of carbonyl (C=O) groups is 1. The molecule has 34 heavy (non-hydrogen) atoms. The van der Waals surface area contributed by atoms with Gasteiger partial charge in [-0.3, -0.25) is 9.48 Å². The topological polar surface area (TPSA) is 99.2 Å². The van der Waals surface area contributed by atoms with Crippen LogP contribution in [0.1, 0.15) is 22.3 Å². The van der Waals surface area contributed by atoms with E-state index in [0.29, 0.717) is 41.0 Å². The molecule has 1 atom stereocenters. The van der Waals surface area contributed by atoms with Crippen molar-refractivity contribution in [3.8, 4) is 5.88 Å². The van der Waals surface area contributed by atoms with Gasteiger partial charge in [0, 0.05) is 43.7 Å². The van der Waals surface area contributed by atoms with Gasteiger partial charge in [0.25, 0.3) is 5.91 Å². The average Bonchev–Trinajstić information content (AvgIpc) is 3.40. The number of fused-ring (bicyclic) bond motifs is 3. The van der Waals surface area contributed by atoms with Gasteiger partial charge in [-0.2, -0.15) is 18.3 Å². The molecule has 8 nitrogen and oxygen atoms in total. The zero-order valence-corrected chi connectivity index (χ0v) is 17.8. The van der Waals surface area contributed by atoms with Crippen LogP contribution in [0.5, 0.6) is 5.88 Å². The molecule has 0 spiro atoms. The van der Waals surface area contributed by atoms with Crippen LogP contribution in [0.2, 0.25) is 0 Å². The Labute approximate surface area is 189 Å². The van der Waals surface area contributed by atoms with E-state index in [9.17, 15) is 22.4 Å². The summed E-state index contributed by atoms with van der Waals surface area (Å²) in [5.74, 6) is -1.03. The van der Waals surface area contributed by atoms with Gasteiger partial charge in [-0.25, -0.2) is 14.4 Å². The van der Waals surface area contributed by atoms with Gasteiger partial charge in [0.05, 0.1) is 40.3 Å². The van der Waals surface area contributed by atoms with Crippen molar-refractivity contribution < 1.29 is 27.1 Å². The second-order valence-electron chi connectivity index (χ2n) is 8.04. The minimum Gasteiger partial charge on any atom is -0.472 e. The first kappa shape index (κ1) is 21.9. The molecule has 3 aromatic heterocycles. The van der Waals surface area contributed by atoms with E-state index < -0.39 is 29.6 Å². The quantitative estimate of drug-likeness (QED) is 0.456. The molecule has 5 rings (SSSR count). The molecule has 0 radical (unpaired) electrons. The second kappa shape index (κ2) is 7.82. The van der Waals surface area contributed by atoms with E-state index in [-0.39, 0.29) is 23.8 Å². The number of alkyl halides is 3. The van der Waals surface area contributed by atoms with Gasteiger partial charge >= 0.3 is 6.18 Å². The molecule has 1 saturated heterocycles. The van der Waals surface area contributed by atoms with E-state index in [0.717, 1.165) is 12.1 Å². The molecule has 4 aromatic rings. The van der Waals surface area contributed by atoms with Gasteiger partial charge in [-0.05, 0) is 12.1 Å². The number of halogens is 4. The number of likely N-dealkylation sites (tertiary alicyclic amines) is 1. The fourth-order valence-corrected chi connectivity index (χ4v) is 4.11. The summed E-state index contributed by atoms with van der Waals surface area (Å²) in [6.45, 7) is 0.433. The number of nitrogens with two attached hydrogens (primary N) is 1. The summed E-state index contributed by atoms with van der Waals surface area (Å²) >= 11 is 0. The molecule has 0 bridgehead atoms. The predicted octanol–water partition coefficient (Wildman–Crippen LogP) is 3.55. The lowest BCUT2D eigenvalue weighted by Crippen LogP contribution is -2.31. The zero-order chi connectivity index (χ0) is 24.2. The van der Waals surface area contributed by atoms with Crippen molar-refractivity contribution in [3.05, 3.63) is 53.6 Å². The number of aryl methyl sites for hydroxylation is 1. The molecule has 4 heterocycles. The third kappa shape index (κ3) is 3.74. The summed E-state index contributed by atoms with van der Waals surface area (Å²) in [6, 6.07) is 4.62. The molecule has 0 aliphatic carbocycles. The lowest BCUT2D eigenvalue weighted by Gasteiger charge is -2.18. The molecular weight excluding hydrogens is 456 g/mol. The van der Waals surface area contributed by atoms with E-state index in [1.54, 1.807) is 17.9 Å². The highest BCUT2D eigenvalue weighted by Crippen LogP contribution is 2.31. The number of anilines is 1. The van der Waals surface area contributed by atoms with Gasteiger partial charge in [0.15, 0.2) is 0 Å². The number of hydrogen-bond donors (Lipinski definition) is 1. The Hall–Kier alpha value is -3.96. The molecule has 1 aliphatic rings. The number of pyridine rings is 2. The van der Waals surface area contributed by atoms with E-state index in [4.69, 9.17) is 10.5 Å². The van der Waals surface area contributed by atoms with Crippen LogP contribution in [0.25, 0.3) is 21.8 Å². The fraction of sp³-hybridized carbons (Fsp3) is 0.273. The first-order valence-electron chi connectivity index (χ1n) is 10.3. The second-order valence-corrected chi connectivity index (χ2v) is 8.04. The highest BCUT2D eigenvalue weighted by atomic mass is 19.4. The summed E-state index contributed by atoms with van der Waals surface area (Å²) < 4.78 is 60.2. The molecule has 12 heteroatoms. The lowest BCUT2D eigenvalue weighted by atomic mass is 10.1. The minimum atomic E-state index is -4.49. The summed E-state index contributed by atoms with van der Waals surface area (Å²) in [5.41, 5.74) is 5.88. The molecule has 176 valence electrons. The van der Waals surface area contributed by atoms with Crippen molar-refractivity contribution in [1.29, 1.82) is 0 Å². The Morgan fingerprint density at radius 1 is 1.21 bits per heavy atom. The van der Waals surface area contributed by atoms with Crippen LogP contribution < -0.4 is 10.5 Å². The van der Waals surface area contributed by atoms with Gasteiger partial charge in [-0.15, -0.1) is 0 Å². The standard InChI is InChI=1S/C22H18F4N6O2/c1-31-19-14-6-13(16(23)7-17(14)30-20(27)15(19)9-29-31)21(33)32-5-4-12(10-32)34-18-3-2-11(8-28-18)22(24,25)26/h2-3,6-9,12H,4-5,10H2,1H3,(H2,27,30)/t12-/m0/s1. The van der Waals surface area contributed by atoms with Crippen molar-refractivity contribution in [1.82, 2.24) is 24.6 Å². The van der Waals surface area contributed by atoms with Crippen LogP contribution >= 0.6 is 0 Å². The number of ether oxygens (including phenoxy) is 1. The normalized spacial score (nSPS) is 16.5. The molecule has 1 amide bonds. The van der Waals surface area contributed by atoms with E-state index in [2.05, 4.69) is 15.1 Å². The van der Waals surface area contributed by atoms with Crippen molar-refractivity contribution >= 4 is 33.5 Å². The monoisotopic (exact) mass is 474 g/mol. The van der Waals surface area contributed by atoms with Crippen molar-refractivity contribution in [3.63, 3.8) is 0 Å². The predicted molar refractivity (Wildman–Crippen MR) is 115 cm³/mol. The lowest BCUT2D eigenvalue weighted by molar-refractivity contribution is -0.137. The Bertz CT molecular complexity index is 1420. The number of hydrogen-bond acceptors (Lipinski definition) is 6. The van der Waals surface area contributed by atoms with Crippen LogP contribution in [0.4, 0.5) is 23.4 Å². The minimum absolute atomic E-state index is 0.0199. The number of rotatable bonds is 3. The highest BCUT2D eigenvalue weighted by Gasteiger charge is 2.32. The van der Waals surface area contributed by atoms with Crippen LogP contribution in [-0.2, 0) is 13.2 Å². The van der Waals surface area contributed by atoms with Crippen molar-refractivity contribution in [2.24, 2.45) is 7.05 Å². The molecule has 1 aliphatic heterocycles. The number of aromatic nitrogens is 4. The smallest absolute Gasteiger partial charge is 0.417 e. The van der Waals surface area contributed by atoms with Gasteiger partial charge in [0.2, 0.25) is 5.88 Å². The molecule has 0 unspecified atom stereocenters. The first-order chi connectivity index (χ1) is 16.1. The van der Waals surface area contributed by atoms with E-state index in [1.165, 1.54) is 17.0 Å². The number of nitrogen functional groups attached to an aromatic ring is 1. The number of nitrogens with zero attached hydrogens (tertiary/aromatic N) is 5. The average molecular weight is 474 g/mol. The Kier molecular flexibility index (Phi) is 5.03. The molecule has 0 saturated carbocycles. The van der Waals surface area contributed by atoms with Crippen LogP contribution in [-0.4, -0.2) is 49.7 Å². The van der Waals surface area contributed by atoms with E-state index in [1.807, 2.05) is 0 Å². The first-order valence-corrected chi connectivity index (χ1v) is 10.3. The molecule has 2 N–H and O–H groups in total. The fourth-order valence-electron chi connectivity index (χ4n) is 4.11. The van der Waals surface area contributed by atoms with Gasteiger partial charge in [-0.1, -0.05) is 0 Å². The van der Waals surface area contributed by atoms with Gasteiger partial charge in [0.1, 0.15) is 17.7 Å². The van der Waals surface area contributed by atoms with Crippen LogP contribution in [0, 0.1) is 5.82 Å². The summed E-state index contributed by atoms with van der Waals surface area (Å²) in [4.78, 5) is 22.5. The Balaban J connectivity index is 1.37. The maximum atomic E-state index is 14.9. The third-order valence-corrected chi connectivity index (χ3v) is 5.81. The van der Waals surface area contributed by atoms with Crippen molar-refractivity contribution in [2.75, 3.05) is 18.8 Å². The Morgan fingerprint density at radius 3 is 2.71 bits per heavy atom. The SMILES string of the molecule is Cn1ncc2c(N)nc3cc(F)c(C(=O)N4CC[C@H](Oc5ccc(C(F)(F)F)cn5)C4)cc3c21. The van der Waals surface area contributed by atoms with Crippen molar-refractivity contribution in [2.45, 2.75) is 18.7 Å². The third-order valence-electron chi connectivity index (χ3n) is 5.81. The maximum Gasteiger partial charge on any atom is 0.417 e. The summed E-state index contributed by atoms with van der Waals surface area (Å²) in [5, 5.41) is 5.31. The molecule has 1 fully saturated rings. The van der Waals surface area contributed by atoms with Crippen LogP contribution in [0.3, 0.4) is 0 Å². The van der Waals surface area contributed by atoms with E-state index >= 15 is 0 Å². The van der Waals surface area contributed by atoms with Gasteiger partial charge < -0.3 is 15.4 Å². The maximum absolute atomic E-state index is 14.9. The summed E-state index contributed by atoms with van der Waals surface area (Å²) in [6.07, 6.45) is -2.30. The number of carbonyl (C=O) groups excluding carboxylic acids is 1. The largest absolute Gasteiger partial charge is 0.472 e. The highest BCUT2D eigenvalue weighted by molar-refractivity contribution is 6.10. The Morgan fingerprint density at radius 2 is 2.00 bits per heavy atom. The zero-order valence-electron chi connectivity index (χ0n) is 17.8.